The summed E-state index contributed by atoms with van der Waals surface area (Å²) in [6.45, 7) is 3.98. The molecule has 3 nitrogen and oxygen atoms in total. The van der Waals surface area contributed by atoms with Crippen LogP contribution in [0.15, 0.2) is 24.4 Å². The summed E-state index contributed by atoms with van der Waals surface area (Å²) in [6, 6.07) is 7.53. The van der Waals surface area contributed by atoms with Crippen molar-refractivity contribution >= 4 is 23.2 Å². The van der Waals surface area contributed by atoms with Gasteiger partial charge in [-0.2, -0.15) is 10.4 Å². The Labute approximate surface area is 116 Å². The molecule has 18 heavy (non-hydrogen) atoms. The summed E-state index contributed by atoms with van der Waals surface area (Å²) in [5.74, 6) is 0. The lowest BCUT2D eigenvalue weighted by Crippen LogP contribution is -2.00. The molecule has 0 aliphatic heterocycles. The van der Waals surface area contributed by atoms with E-state index < -0.39 is 0 Å². The molecule has 0 aliphatic rings. The van der Waals surface area contributed by atoms with Gasteiger partial charge in [0.1, 0.15) is 11.8 Å². The molecule has 1 aromatic carbocycles. The third-order valence-corrected chi connectivity index (χ3v) is 3.21. The molecule has 0 saturated heterocycles. The monoisotopic (exact) mass is 279 g/mol. The van der Waals surface area contributed by atoms with Gasteiger partial charge in [0.05, 0.1) is 15.6 Å². The average Bonchev–Trinajstić information content (AvgIpc) is 2.73. The van der Waals surface area contributed by atoms with E-state index in [0.717, 1.165) is 0 Å². The smallest absolute Gasteiger partial charge is 0.113 e. The molecular formula is C13H11Cl2N3. The molecule has 1 aromatic heterocycles. The van der Waals surface area contributed by atoms with Crippen LogP contribution in [-0.2, 0) is 0 Å². The second kappa shape index (κ2) is 5.01. The highest BCUT2D eigenvalue weighted by Crippen LogP contribution is 2.35. The van der Waals surface area contributed by atoms with Crippen LogP contribution in [0.3, 0.4) is 0 Å². The normalized spacial score (nSPS) is 10.7. The van der Waals surface area contributed by atoms with E-state index in [1.165, 1.54) is 0 Å². The molecule has 92 valence electrons. The number of hydrogen-bond acceptors (Lipinski definition) is 2. The van der Waals surface area contributed by atoms with E-state index in [9.17, 15) is 0 Å². The van der Waals surface area contributed by atoms with Gasteiger partial charge in [0.15, 0.2) is 0 Å². The van der Waals surface area contributed by atoms with Crippen molar-refractivity contribution in [2.45, 2.75) is 19.9 Å². The number of nitriles is 1. The van der Waals surface area contributed by atoms with Crippen molar-refractivity contribution in [1.29, 1.82) is 5.26 Å². The van der Waals surface area contributed by atoms with Crippen molar-refractivity contribution in [2.75, 3.05) is 0 Å². The minimum absolute atomic E-state index is 0.173. The number of nitrogens with zero attached hydrogens (tertiary/aromatic N) is 3. The third kappa shape index (κ3) is 2.22. The number of aromatic nitrogens is 2. The Morgan fingerprint density at radius 1 is 1.28 bits per heavy atom. The topological polar surface area (TPSA) is 41.6 Å². The first-order valence-electron chi connectivity index (χ1n) is 5.48. The Morgan fingerprint density at radius 2 is 1.89 bits per heavy atom. The van der Waals surface area contributed by atoms with Crippen LogP contribution in [0.5, 0.6) is 0 Å². The van der Waals surface area contributed by atoms with E-state index in [2.05, 4.69) is 11.2 Å². The second-order valence-electron chi connectivity index (χ2n) is 4.17. The van der Waals surface area contributed by atoms with E-state index >= 15 is 0 Å². The van der Waals surface area contributed by atoms with Crippen LogP contribution in [-0.4, -0.2) is 9.78 Å². The molecular weight excluding hydrogens is 269 g/mol. The SMILES string of the molecule is CC(C)n1cc(C#N)c(-c2c(Cl)cccc2Cl)n1. The largest absolute Gasteiger partial charge is 0.268 e. The first-order valence-corrected chi connectivity index (χ1v) is 6.23. The zero-order valence-corrected chi connectivity index (χ0v) is 11.5. The lowest BCUT2D eigenvalue weighted by molar-refractivity contribution is 0.534. The van der Waals surface area contributed by atoms with Crippen LogP contribution in [0.1, 0.15) is 25.5 Å². The van der Waals surface area contributed by atoms with Gasteiger partial charge in [-0.3, -0.25) is 4.68 Å². The molecule has 2 rings (SSSR count). The molecule has 0 N–H and O–H groups in total. The van der Waals surface area contributed by atoms with Crippen LogP contribution in [0.25, 0.3) is 11.3 Å². The summed E-state index contributed by atoms with van der Waals surface area (Å²) in [7, 11) is 0. The molecule has 1 heterocycles. The highest BCUT2D eigenvalue weighted by Gasteiger charge is 2.17. The Morgan fingerprint density at radius 3 is 2.39 bits per heavy atom. The number of hydrogen-bond donors (Lipinski definition) is 0. The van der Waals surface area contributed by atoms with Gasteiger partial charge < -0.3 is 0 Å². The van der Waals surface area contributed by atoms with Crippen LogP contribution < -0.4 is 0 Å². The maximum absolute atomic E-state index is 9.17. The average molecular weight is 280 g/mol. The van der Waals surface area contributed by atoms with Crippen molar-refractivity contribution in [2.24, 2.45) is 0 Å². The zero-order chi connectivity index (χ0) is 13.3. The van der Waals surface area contributed by atoms with Crippen molar-refractivity contribution in [1.82, 2.24) is 9.78 Å². The van der Waals surface area contributed by atoms with E-state index in [-0.39, 0.29) is 6.04 Å². The minimum atomic E-state index is 0.173. The Bertz CT molecular complexity index is 603. The van der Waals surface area contributed by atoms with Crippen molar-refractivity contribution in [3.8, 4) is 17.3 Å². The maximum atomic E-state index is 9.17. The van der Waals surface area contributed by atoms with Gasteiger partial charge in [0, 0.05) is 17.8 Å². The molecule has 0 saturated carbocycles. The van der Waals surface area contributed by atoms with Gasteiger partial charge in [-0.15, -0.1) is 0 Å². The molecule has 0 amide bonds. The molecule has 0 unspecified atom stereocenters. The summed E-state index contributed by atoms with van der Waals surface area (Å²) in [5, 5.41) is 14.6. The predicted molar refractivity (Wildman–Crippen MR) is 72.8 cm³/mol. The highest BCUT2D eigenvalue weighted by molar-refractivity contribution is 6.39. The fraction of sp³-hybridized carbons (Fsp3) is 0.231. The fourth-order valence-electron chi connectivity index (χ4n) is 1.65. The van der Waals surface area contributed by atoms with E-state index in [1.807, 2.05) is 13.8 Å². The Balaban J connectivity index is 2.68. The molecule has 0 atom stereocenters. The minimum Gasteiger partial charge on any atom is -0.268 e. The van der Waals surface area contributed by atoms with Gasteiger partial charge >= 0.3 is 0 Å². The van der Waals surface area contributed by atoms with E-state index in [0.29, 0.717) is 26.9 Å². The quantitative estimate of drug-likeness (QED) is 0.822. The van der Waals surface area contributed by atoms with Crippen LogP contribution in [0.2, 0.25) is 10.0 Å². The van der Waals surface area contributed by atoms with Gasteiger partial charge in [0.25, 0.3) is 0 Å². The van der Waals surface area contributed by atoms with Crippen LogP contribution >= 0.6 is 23.2 Å². The third-order valence-electron chi connectivity index (χ3n) is 2.58. The van der Waals surface area contributed by atoms with Crippen molar-refractivity contribution in [3.05, 3.63) is 40.0 Å². The predicted octanol–water partition coefficient (Wildman–Crippen LogP) is 4.31. The van der Waals surface area contributed by atoms with Crippen molar-refractivity contribution < 1.29 is 0 Å². The zero-order valence-electron chi connectivity index (χ0n) is 9.98. The first-order chi connectivity index (χ1) is 8.54. The highest BCUT2D eigenvalue weighted by atomic mass is 35.5. The van der Waals surface area contributed by atoms with Gasteiger partial charge in [-0.25, -0.2) is 0 Å². The fourth-order valence-corrected chi connectivity index (χ4v) is 2.22. The number of halogens is 2. The molecule has 2 aromatic rings. The van der Waals surface area contributed by atoms with E-state index in [4.69, 9.17) is 28.5 Å². The first kappa shape index (κ1) is 12.9. The summed E-state index contributed by atoms with van der Waals surface area (Å²) in [5.41, 5.74) is 1.61. The van der Waals surface area contributed by atoms with Crippen LogP contribution in [0.4, 0.5) is 0 Å². The standard InChI is InChI=1S/C13H11Cl2N3/c1-8(2)18-7-9(6-16)13(17-18)12-10(14)4-3-5-11(12)15/h3-5,7-8H,1-2H3. The summed E-state index contributed by atoms with van der Waals surface area (Å²) >= 11 is 12.3. The van der Waals surface area contributed by atoms with Gasteiger partial charge in [-0.05, 0) is 26.0 Å². The van der Waals surface area contributed by atoms with E-state index in [1.54, 1.807) is 29.1 Å². The van der Waals surface area contributed by atoms with Crippen LogP contribution in [0, 0.1) is 11.3 Å². The molecule has 0 radical (unpaired) electrons. The van der Waals surface area contributed by atoms with Crippen molar-refractivity contribution in [3.63, 3.8) is 0 Å². The lowest BCUT2D eigenvalue weighted by atomic mass is 10.1. The number of rotatable bonds is 2. The molecule has 0 bridgehead atoms. The van der Waals surface area contributed by atoms with Gasteiger partial charge in [0.2, 0.25) is 0 Å². The Kier molecular flexibility index (Phi) is 3.60. The molecule has 0 aliphatic carbocycles. The maximum Gasteiger partial charge on any atom is 0.113 e. The lowest BCUT2D eigenvalue weighted by Gasteiger charge is -2.05. The molecule has 0 spiro atoms. The molecule has 5 heteroatoms. The van der Waals surface area contributed by atoms with Gasteiger partial charge in [-0.1, -0.05) is 29.3 Å². The summed E-state index contributed by atoms with van der Waals surface area (Å²) in [6.07, 6.45) is 1.71. The molecule has 0 fully saturated rings. The second-order valence-corrected chi connectivity index (χ2v) is 4.99. The summed E-state index contributed by atoms with van der Waals surface area (Å²) in [4.78, 5) is 0. The Hall–Kier alpha value is -1.50. The summed E-state index contributed by atoms with van der Waals surface area (Å²) < 4.78 is 1.73. The number of benzene rings is 1.